The predicted octanol–water partition coefficient (Wildman–Crippen LogP) is 0.896. The molecular weight excluding hydrogens is 296 g/mol. The van der Waals surface area contributed by atoms with Gasteiger partial charge < -0.3 is 5.73 Å². The molecule has 1 saturated heterocycles. The molecular formula is C13H20N2O3S2. The molecule has 20 heavy (non-hydrogen) atoms. The first-order valence-electron chi connectivity index (χ1n) is 6.61. The number of nitrogens with two attached hydrogens (primary N) is 1. The van der Waals surface area contributed by atoms with Crippen LogP contribution in [-0.4, -0.2) is 30.2 Å². The van der Waals surface area contributed by atoms with Crippen molar-refractivity contribution in [2.75, 3.05) is 11.5 Å². The average molecular weight is 316 g/mol. The number of sulfonamides is 1. The van der Waals surface area contributed by atoms with E-state index in [2.05, 4.69) is 4.72 Å². The predicted molar refractivity (Wildman–Crippen MR) is 80.3 cm³/mol. The standard InChI is InChI=1S/C13H20N2O3S2/c1-10(14)11-3-2-4-13(9-11)20(17,18)15-12-5-7-19(16)8-6-12/h2-4,9-10,12,15H,5-8,14H2,1H3. The topological polar surface area (TPSA) is 89.3 Å². The van der Waals surface area contributed by atoms with Gasteiger partial charge in [-0.2, -0.15) is 0 Å². The second-order valence-electron chi connectivity index (χ2n) is 5.10. The first-order valence-corrected chi connectivity index (χ1v) is 9.58. The third-order valence-electron chi connectivity index (χ3n) is 3.40. The summed E-state index contributed by atoms with van der Waals surface area (Å²) in [6.07, 6.45) is 1.25. The van der Waals surface area contributed by atoms with E-state index in [4.69, 9.17) is 5.73 Å². The highest BCUT2D eigenvalue weighted by molar-refractivity contribution is 7.89. The van der Waals surface area contributed by atoms with Gasteiger partial charge in [-0.05, 0) is 37.5 Å². The number of nitrogens with one attached hydrogen (secondary N) is 1. The van der Waals surface area contributed by atoms with Gasteiger partial charge in [-0.15, -0.1) is 0 Å². The van der Waals surface area contributed by atoms with Crippen molar-refractivity contribution < 1.29 is 12.6 Å². The van der Waals surface area contributed by atoms with E-state index in [1.54, 1.807) is 18.2 Å². The van der Waals surface area contributed by atoms with Gasteiger partial charge in [0.2, 0.25) is 10.0 Å². The van der Waals surface area contributed by atoms with Crippen LogP contribution in [0.4, 0.5) is 0 Å². The quantitative estimate of drug-likeness (QED) is 0.863. The van der Waals surface area contributed by atoms with E-state index in [-0.39, 0.29) is 17.0 Å². The maximum absolute atomic E-state index is 12.3. The van der Waals surface area contributed by atoms with Gasteiger partial charge in [-0.3, -0.25) is 4.21 Å². The van der Waals surface area contributed by atoms with Crippen molar-refractivity contribution in [3.05, 3.63) is 29.8 Å². The second kappa shape index (κ2) is 6.34. The van der Waals surface area contributed by atoms with Crippen LogP contribution in [0, 0.1) is 0 Å². The Labute approximate surface area is 122 Å². The Balaban J connectivity index is 2.14. The number of benzene rings is 1. The first-order chi connectivity index (χ1) is 9.38. The van der Waals surface area contributed by atoms with Gasteiger partial charge in [0.25, 0.3) is 0 Å². The minimum absolute atomic E-state index is 0.128. The lowest BCUT2D eigenvalue weighted by molar-refractivity contribution is 0.521. The fourth-order valence-corrected chi connectivity index (χ4v) is 4.82. The summed E-state index contributed by atoms with van der Waals surface area (Å²) in [7, 11) is -4.33. The molecule has 0 spiro atoms. The molecule has 1 aromatic rings. The minimum Gasteiger partial charge on any atom is -0.324 e. The minimum atomic E-state index is -3.54. The van der Waals surface area contributed by atoms with E-state index in [1.807, 2.05) is 13.0 Å². The molecule has 0 saturated carbocycles. The highest BCUT2D eigenvalue weighted by atomic mass is 32.2. The highest BCUT2D eigenvalue weighted by Gasteiger charge is 2.24. The molecule has 7 heteroatoms. The van der Waals surface area contributed by atoms with E-state index in [0.717, 1.165) is 5.56 Å². The number of rotatable bonds is 4. The van der Waals surface area contributed by atoms with Crippen LogP contribution < -0.4 is 10.5 Å². The zero-order valence-corrected chi connectivity index (χ0v) is 13.0. The molecule has 1 fully saturated rings. The maximum atomic E-state index is 12.3. The van der Waals surface area contributed by atoms with E-state index in [9.17, 15) is 12.6 Å². The summed E-state index contributed by atoms with van der Waals surface area (Å²) in [6.45, 7) is 1.82. The fourth-order valence-electron chi connectivity index (χ4n) is 2.16. The van der Waals surface area contributed by atoms with Gasteiger partial charge in [-0.1, -0.05) is 12.1 Å². The largest absolute Gasteiger partial charge is 0.324 e. The Morgan fingerprint density at radius 2 is 2.00 bits per heavy atom. The Morgan fingerprint density at radius 1 is 1.35 bits per heavy atom. The van der Waals surface area contributed by atoms with Gasteiger partial charge >= 0.3 is 0 Å². The molecule has 112 valence electrons. The summed E-state index contributed by atoms with van der Waals surface area (Å²) >= 11 is 0. The van der Waals surface area contributed by atoms with E-state index >= 15 is 0 Å². The molecule has 1 aliphatic rings. The Bertz CT molecular complexity index is 589. The number of hydrogen-bond acceptors (Lipinski definition) is 4. The summed E-state index contributed by atoms with van der Waals surface area (Å²) < 4.78 is 38.6. The molecule has 0 radical (unpaired) electrons. The zero-order valence-electron chi connectivity index (χ0n) is 11.4. The lowest BCUT2D eigenvalue weighted by Gasteiger charge is -2.22. The lowest BCUT2D eigenvalue weighted by Crippen LogP contribution is -2.39. The molecule has 3 N–H and O–H groups in total. The monoisotopic (exact) mass is 316 g/mol. The summed E-state index contributed by atoms with van der Waals surface area (Å²) in [5, 5.41) is 0. The molecule has 1 atom stereocenters. The van der Waals surface area contributed by atoms with Crippen LogP contribution in [0.1, 0.15) is 31.4 Å². The third-order valence-corrected chi connectivity index (χ3v) is 6.30. The van der Waals surface area contributed by atoms with Crippen LogP contribution in [-0.2, 0) is 20.8 Å². The van der Waals surface area contributed by atoms with Crippen LogP contribution in [0.15, 0.2) is 29.2 Å². The maximum Gasteiger partial charge on any atom is 0.240 e. The molecule has 0 amide bonds. The van der Waals surface area contributed by atoms with Crippen LogP contribution in [0.3, 0.4) is 0 Å². The molecule has 5 nitrogen and oxygen atoms in total. The van der Waals surface area contributed by atoms with Crippen molar-refractivity contribution in [3.8, 4) is 0 Å². The van der Waals surface area contributed by atoms with Crippen molar-refractivity contribution >= 4 is 20.8 Å². The van der Waals surface area contributed by atoms with Crippen molar-refractivity contribution in [2.24, 2.45) is 5.73 Å². The first kappa shape index (κ1) is 15.6. The second-order valence-corrected chi connectivity index (χ2v) is 8.51. The lowest BCUT2D eigenvalue weighted by atomic mass is 10.1. The van der Waals surface area contributed by atoms with Crippen molar-refractivity contribution in [3.63, 3.8) is 0 Å². The summed E-state index contributed by atoms with van der Waals surface area (Å²) in [4.78, 5) is 0.235. The molecule has 0 bridgehead atoms. The van der Waals surface area contributed by atoms with Crippen LogP contribution in [0.25, 0.3) is 0 Å². The molecule has 1 aliphatic heterocycles. The van der Waals surface area contributed by atoms with Gasteiger partial charge in [-0.25, -0.2) is 13.1 Å². The van der Waals surface area contributed by atoms with E-state index < -0.39 is 20.8 Å². The van der Waals surface area contributed by atoms with Crippen LogP contribution in [0.2, 0.25) is 0 Å². The van der Waals surface area contributed by atoms with Gasteiger partial charge in [0.15, 0.2) is 0 Å². The molecule has 1 unspecified atom stereocenters. The van der Waals surface area contributed by atoms with Crippen LogP contribution >= 0.6 is 0 Å². The molecule has 1 heterocycles. The molecule has 0 aliphatic carbocycles. The SMILES string of the molecule is CC(N)c1cccc(S(=O)(=O)NC2CCS(=O)CC2)c1. The fraction of sp³-hybridized carbons (Fsp3) is 0.538. The van der Waals surface area contributed by atoms with E-state index in [0.29, 0.717) is 24.3 Å². The van der Waals surface area contributed by atoms with Gasteiger partial charge in [0, 0.05) is 34.4 Å². The summed E-state index contributed by atoms with van der Waals surface area (Å²) in [5.41, 5.74) is 6.57. The Kier molecular flexibility index (Phi) is 4.95. The molecule has 1 aromatic carbocycles. The average Bonchev–Trinajstić information content (AvgIpc) is 2.41. The highest BCUT2D eigenvalue weighted by Crippen LogP contribution is 2.18. The van der Waals surface area contributed by atoms with E-state index in [1.165, 1.54) is 0 Å². The third kappa shape index (κ3) is 3.88. The molecule has 2 rings (SSSR count). The number of hydrogen-bond donors (Lipinski definition) is 2. The van der Waals surface area contributed by atoms with Crippen molar-refractivity contribution in [1.82, 2.24) is 4.72 Å². The van der Waals surface area contributed by atoms with Gasteiger partial charge in [0.05, 0.1) is 4.90 Å². The smallest absolute Gasteiger partial charge is 0.240 e. The van der Waals surface area contributed by atoms with Crippen molar-refractivity contribution in [1.29, 1.82) is 0 Å². The van der Waals surface area contributed by atoms with Crippen molar-refractivity contribution in [2.45, 2.75) is 36.7 Å². The summed E-state index contributed by atoms with van der Waals surface area (Å²) in [5.74, 6) is 1.13. The Morgan fingerprint density at radius 3 is 2.60 bits per heavy atom. The Hall–Kier alpha value is -0.760. The zero-order chi connectivity index (χ0) is 14.8. The summed E-state index contributed by atoms with van der Waals surface area (Å²) in [6, 6.07) is 6.35. The normalized spacial score (nSPS) is 25.3. The molecule has 0 aromatic heterocycles. The van der Waals surface area contributed by atoms with Gasteiger partial charge in [0.1, 0.15) is 0 Å². The van der Waals surface area contributed by atoms with Crippen LogP contribution in [0.5, 0.6) is 0 Å².